The summed E-state index contributed by atoms with van der Waals surface area (Å²) in [7, 11) is -4.61. The van der Waals surface area contributed by atoms with Gasteiger partial charge >= 0.3 is 0 Å². The van der Waals surface area contributed by atoms with Crippen molar-refractivity contribution in [1.82, 2.24) is 0 Å². The molecule has 2 aromatic rings. The predicted molar refractivity (Wildman–Crippen MR) is 64.1 cm³/mol. The summed E-state index contributed by atoms with van der Waals surface area (Å²) in [5.41, 5.74) is -0.420. The molecular formula is C11H10N2O5S. The molecule has 0 amide bonds. The number of benzene rings is 1. The van der Waals surface area contributed by atoms with Crippen molar-refractivity contribution >= 4 is 15.8 Å². The molecule has 0 saturated heterocycles. The van der Waals surface area contributed by atoms with Crippen LogP contribution in [0.1, 0.15) is 0 Å². The van der Waals surface area contributed by atoms with Gasteiger partial charge in [0.05, 0.1) is 9.82 Å². The van der Waals surface area contributed by atoms with Crippen molar-refractivity contribution in [3.63, 3.8) is 0 Å². The molecule has 1 N–H and O–H groups in total. The number of hydrogen-bond acceptors (Lipinski definition) is 5. The van der Waals surface area contributed by atoms with Gasteiger partial charge in [-0.25, -0.2) is 13.4 Å². The highest BCUT2D eigenvalue weighted by atomic mass is 32.2. The van der Waals surface area contributed by atoms with Crippen molar-refractivity contribution in [3.05, 3.63) is 65.0 Å². The second-order valence-corrected chi connectivity index (χ2v) is 4.67. The van der Waals surface area contributed by atoms with Gasteiger partial charge in [-0.3, -0.25) is 10.1 Å². The Morgan fingerprint density at radius 2 is 1.68 bits per heavy atom. The minimum Gasteiger partial charge on any atom is -0.744 e. The smallest absolute Gasteiger partial charge is 0.270 e. The van der Waals surface area contributed by atoms with E-state index in [0.717, 1.165) is 24.3 Å². The summed E-state index contributed by atoms with van der Waals surface area (Å²) in [5, 5.41) is 10.2. The molecule has 1 heterocycles. The van der Waals surface area contributed by atoms with E-state index in [1.165, 1.54) is 0 Å². The maximum absolute atomic E-state index is 10.4. The van der Waals surface area contributed by atoms with E-state index >= 15 is 0 Å². The lowest BCUT2D eigenvalue weighted by molar-refractivity contribution is -0.385. The van der Waals surface area contributed by atoms with Gasteiger partial charge in [-0.2, -0.15) is 0 Å². The monoisotopic (exact) mass is 282 g/mol. The van der Waals surface area contributed by atoms with E-state index in [0.29, 0.717) is 0 Å². The lowest BCUT2D eigenvalue weighted by Crippen LogP contribution is -1.99. The number of non-ortho nitro benzene ring substituents is 1. The molecule has 0 aliphatic rings. The highest BCUT2D eigenvalue weighted by Gasteiger charge is 2.08. The van der Waals surface area contributed by atoms with Crippen LogP contribution >= 0.6 is 0 Å². The SMILES string of the molecule is O=[N+]([O-])c1cccc(S(=O)(=O)[O-])c1.c1cc[nH+]cc1. The van der Waals surface area contributed by atoms with Crippen molar-refractivity contribution in [2.75, 3.05) is 0 Å². The number of rotatable bonds is 2. The normalized spacial score (nSPS) is 10.2. The third kappa shape index (κ3) is 5.23. The van der Waals surface area contributed by atoms with Crippen molar-refractivity contribution in [3.8, 4) is 0 Å². The predicted octanol–water partition coefficient (Wildman–Crippen LogP) is 1.000. The molecule has 0 fully saturated rings. The average Bonchev–Trinajstić information content (AvgIpc) is 2.40. The Morgan fingerprint density at radius 3 is 2.05 bits per heavy atom. The molecule has 0 atom stereocenters. The van der Waals surface area contributed by atoms with Gasteiger partial charge in [-0.05, 0) is 6.07 Å². The fourth-order valence-corrected chi connectivity index (χ4v) is 1.60. The van der Waals surface area contributed by atoms with Crippen molar-refractivity contribution in [2.24, 2.45) is 0 Å². The molecule has 1 aromatic carbocycles. The summed E-state index contributed by atoms with van der Waals surface area (Å²) >= 11 is 0. The minimum atomic E-state index is -4.61. The van der Waals surface area contributed by atoms with Crippen LogP contribution in [0.4, 0.5) is 5.69 Å². The number of pyridine rings is 1. The Morgan fingerprint density at radius 1 is 1.05 bits per heavy atom. The van der Waals surface area contributed by atoms with Gasteiger partial charge in [0.1, 0.15) is 10.1 Å². The first-order valence-corrected chi connectivity index (χ1v) is 6.43. The van der Waals surface area contributed by atoms with E-state index in [4.69, 9.17) is 0 Å². The van der Waals surface area contributed by atoms with E-state index in [2.05, 4.69) is 4.98 Å². The zero-order chi connectivity index (χ0) is 14.3. The van der Waals surface area contributed by atoms with E-state index in [1.807, 2.05) is 30.6 Å². The van der Waals surface area contributed by atoms with Gasteiger partial charge in [0, 0.05) is 24.3 Å². The van der Waals surface area contributed by atoms with E-state index in [9.17, 15) is 23.1 Å². The third-order valence-corrected chi connectivity index (χ3v) is 2.76. The lowest BCUT2D eigenvalue weighted by atomic mass is 10.3. The molecule has 0 unspecified atom stereocenters. The quantitative estimate of drug-likeness (QED) is 0.463. The number of nitro groups is 1. The molecule has 1 aromatic heterocycles. The molecule has 0 spiro atoms. The van der Waals surface area contributed by atoms with Crippen LogP contribution in [-0.4, -0.2) is 17.9 Å². The second-order valence-electron chi connectivity index (χ2n) is 3.29. The standard InChI is InChI=1S/C6H5NO5S.C5H5N/c8-7(9)5-2-1-3-6(4-5)13(10,11)12;1-2-4-6-5-3-1/h1-4H,(H,10,11,12);1-5H. The topological polar surface area (TPSA) is 114 Å². The Labute approximate surface area is 109 Å². The average molecular weight is 282 g/mol. The molecule has 100 valence electrons. The number of nitrogens with one attached hydrogen (secondary N) is 1. The van der Waals surface area contributed by atoms with Crippen molar-refractivity contribution < 1.29 is 22.9 Å². The van der Waals surface area contributed by atoms with Crippen LogP contribution < -0.4 is 4.98 Å². The Balaban J connectivity index is 0.000000250. The summed E-state index contributed by atoms with van der Waals surface area (Å²) in [4.78, 5) is 11.7. The first-order valence-electron chi connectivity index (χ1n) is 5.02. The molecule has 2 rings (SSSR count). The van der Waals surface area contributed by atoms with E-state index < -0.39 is 25.6 Å². The Bertz CT molecular complexity index is 616. The highest BCUT2D eigenvalue weighted by Crippen LogP contribution is 2.16. The summed E-state index contributed by atoms with van der Waals surface area (Å²) < 4.78 is 31.3. The van der Waals surface area contributed by atoms with Gasteiger partial charge < -0.3 is 4.55 Å². The van der Waals surface area contributed by atoms with E-state index in [-0.39, 0.29) is 0 Å². The van der Waals surface area contributed by atoms with Gasteiger partial charge in [0.15, 0.2) is 12.4 Å². The minimum absolute atomic E-state index is 0.420. The van der Waals surface area contributed by atoms with Gasteiger partial charge in [-0.1, -0.05) is 12.1 Å². The Kier molecular flexibility index (Phi) is 5.10. The molecule has 0 bridgehead atoms. The molecule has 7 nitrogen and oxygen atoms in total. The molecule has 19 heavy (non-hydrogen) atoms. The van der Waals surface area contributed by atoms with Crippen LogP contribution in [0.25, 0.3) is 0 Å². The van der Waals surface area contributed by atoms with Gasteiger partial charge in [-0.15, -0.1) is 0 Å². The Hall–Kier alpha value is -2.32. The van der Waals surface area contributed by atoms with Crippen LogP contribution in [-0.2, 0) is 10.1 Å². The number of nitrogens with zero attached hydrogens (tertiary/aromatic N) is 1. The summed E-state index contributed by atoms with van der Waals surface area (Å²) in [6.45, 7) is 0. The summed E-state index contributed by atoms with van der Waals surface area (Å²) in [5.74, 6) is 0. The molecule has 0 aliphatic carbocycles. The number of H-pyrrole nitrogens is 1. The second kappa shape index (κ2) is 6.57. The summed E-state index contributed by atoms with van der Waals surface area (Å²) in [6, 6.07) is 9.84. The lowest BCUT2D eigenvalue weighted by Gasteiger charge is -2.05. The maximum Gasteiger partial charge on any atom is 0.270 e. The zero-order valence-corrected chi connectivity index (χ0v) is 10.4. The fourth-order valence-electron chi connectivity index (χ4n) is 1.09. The number of aromatic amines is 1. The van der Waals surface area contributed by atoms with Crippen LogP contribution in [0, 0.1) is 10.1 Å². The van der Waals surface area contributed by atoms with Crippen LogP contribution in [0.5, 0.6) is 0 Å². The molecule has 0 aliphatic heterocycles. The molecule has 0 saturated carbocycles. The first kappa shape index (κ1) is 14.7. The third-order valence-electron chi connectivity index (χ3n) is 1.92. The van der Waals surface area contributed by atoms with Crippen LogP contribution in [0.3, 0.4) is 0 Å². The number of nitro benzene ring substituents is 1. The van der Waals surface area contributed by atoms with Crippen LogP contribution in [0.2, 0.25) is 0 Å². The maximum atomic E-state index is 10.4. The molecule has 8 heteroatoms. The van der Waals surface area contributed by atoms with E-state index in [1.54, 1.807) is 0 Å². The largest absolute Gasteiger partial charge is 0.744 e. The number of aromatic nitrogens is 1. The van der Waals surface area contributed by atoms with Crippen molar-refractivity contribution in [1.29, 1.82) is 0 Å². The molecule has 0 radical (unpaired) electrons. The van der Waals surface area contributed by atoms with Crippen molar-refractivity contribution in [2.45, 2.75) is 4.90 Å². The first-order chi connectivity index (χ1) is 8.91. The highest BCUT2D eigenvalue weighted by molar-refractivity contribution is 7.85. The van der Waals surface area contributed by atoms with Gasteiger partial charge in [0.2, 0.25) is 0 Å². The fraction of sp³-hybridized carbons (Fsp3) is 0. The molecular weight excluding hydrogens is 272 g/mol. The van der Waals surface area contributed by atoms with Gasteiger partial charge in [0.25, 0.3) is 5.69 Å². The number of hydrogen-bond donors (Lipinski definition) is 0. The van der Waals surface area contributed by atoms with Crippen LogP contribution in [0.15, 0.2) is 59.8 Å². The summed E-state index contributed by atoms with van der Waals surface area (Å²) in [6.07, 6.45) is 3.75. The zero-order valence-electron chi connectivity index (χ0n) is 9.59.